The molecule has 0 unspecified atom stereocenters. The van der Waals surface area contributed by atoms with Crippen molar-refractivity contribution in [3.63, 3.8) is 0 Å². The van der Waals surface area contributed by atoms with Crippen molar-refractivity contribution in [2.45, 2.75) is 19.3 Å². The largest absolute Gasteiger partial charge is 0.347 e. The van der Waals surface area contributed by atoms with Gasteiger partial charge in [-0.25, -0.2) is 9.07 Å². The highest BCUT2D eigenvalue weighted by molar-refractivity contribution is 5.94. The third-order valence-corrected chi connectivity index (χ3v) is 3.62. The first-order valence-electron chi connectivity index (χ1n) is 6.96. The topological polar surface area (TPSA) is 46.9 Å². The van der Waals surface area contributed by atoms with Crippen LogP contribution in [0.4, 0.5) is 4.39 Å². The van der Waals surface area contributed by atoms with Crippen molar-refractivity contribution in [3.8, 4) is 5.69 Å². The first kappa shape index (κ1) is 13.5. The van der Waals surface area contributed by atoms with Crippen molar-refractivity contribution in [2.24, 2.45) is 0 Å². The number of carbonyl (C=O) groups excluding carboxylic acids is 1. The van der Waals surface area contributed by atoms with E-state index in [1.54, 1.807) is 22.9 Å². The van der Waals surface area contributed by atoms with Crippen LogP contribution in [0.1, 0.15) is 28.2 Å². The highest BCUT2D eigenvalue weighted by Crippen LogP contribution is 2.27. The Labute approximate surface area is 122 Å². The van der Waals surface area contributed by atoms with Gasteiger partial charge in [-0.3, -0.25) is 4.79 Å². The van der Waals surface area contributed by atoms with Gasteiger partial charge in [0.05, 0.1) is 5.69 Å². The molecule has 0 atom stereocenters. The van der Waals surface area contributed by atoms with Crippen molar-refractivity contribution in [3.05, 3.63) is 59.7 Å². The summed E-state index contributed by atoms with van der Waals surface area (Å²) in [5, 5.41) is 7.19. The minimum atomic E-state index is -0.286. The molecule has 1 aliphatic rings. The minimum Gasteiger partial charge on any atom is -0.347 e. The second-order valence-corrected chi connectivity index (χ2v) is 5.01. The van der Waals surface area contributed by atoms with E-state index in [4.69, 9.17) is 0 Å². The molecule has 1 aromatic heterocycles. The molecule has 2 aromatic rings. The Kier molecular flexibility index (Phi) is 3.56. The van der Waals surface area contributed by atoms with Gasteiger partial charge in [-0.1, -0.05) is 6.08 Å². The lowest BCUT2D eigenvalue weighted by Crippen LogP contribution is -2.24. The molecule has 0 bridgehead atoms. The van der Waals surface area contributed by atoms with Gasteiger partial charge in [0.2, 0.25) is 0 Å². The smallest absolute Gasteiger partial charge is 0.272 e. The summed E-state index contributed by atoms with van der Waals surface area (Å²) in [5.74, 6) is -0.472. The molecule has 0 spiro atoms. The molecule has 1 aromatic carbocycles. The van der Waals surface area contributed by atoms with E-state index < -0.39 is 0 Å². The number of carbonyl (C=O) groups is 1. The van der Waals surface area contributed by atoms with Crippen LogP contribution in [0, 0.1) is 5.82 Å². The van der Waals surface area contributed by atoms with Gasteiger partial charge in [-0.2, -0.15) is 5.10 Å². The Morgan fingerprint density at radius 2 is 2.14 bits per heavy atom. The Morgan fingerprint density at radius 3 is 2.86 bits per heavy atom. The van der Waals surface area contributed by atoms with Crippen molar-refractivity contribution < 1.29 is 9.18 Å². The van der Waals surface area contributed by atoms with Crippen LogP contribution in [0.2, 0.25) is 0 Å². The molecular weight excluding hydrogens is 269 g/mol. The zero-order chi connectivity index (χ0) is 14.8. The fourth-order valence-electron chi connectivity index (χ4n) is 2.66. The number of hydrogen-bond acceptors (Lipinski definition) is 2. The van der Waals surface area contributed by atoms with E-state index in [0.29, 0.717) is 12.2 Å². The number of nitrogens with zero attached hydrogens (tertiary/aromatic N) is 2. The first-order valence-corrected chi connectivity index (χ1v) is 6.96. The van der Waals surface area contributed by atoms with E-state index in [9.17, 15) is 9.18 Å². The lowest BCUT2D eigenvalue weighted by atomic mass is 10.2. The monoisotopic (exact) mass is 285 g/mol. The van der Waals surface area contributed by atoms with Crippen molar-refractivity contribution in [1.29, 1.82) is 0 Å². The number of rotatable bonds is 4. The van der Waals surface area contributed by atoms with Crippen molar-refractivity contribution >= 4 is 5.91 Å². The molecule has 1 N–H and O–H groups in total. The average molecular weight is 285 g/mol. The maximum Gasteiger partial charge on any atom is 0.272 e. The molecule has 0 radical (unpaired) electrons. The zero-order valence-electron chi connectivity index (χ0n) is 11.6. The highest BCUT2D eigenvalue weighted by Gasteiger charge is 2.26. The second-order valence-electron chi connectivity index (χ2n) is 5.01. The van der Waals surface area contributed by atoms with Gasteiger partial charge in [0.25, 0.3) is 5.91 Å². The van der Waals surface area contributed by atoms with Crippen LogP contribution in [0.25, 0.3) is 5.69 Å². The molecule has 0 fully saturated rings. The number of nitrogens with one attached hydrogen (secondary N) is 1. The van der Waals surface area contributed by atoms with E-state index >= 15 is 0 Å². The Balaban J connectivity index is 2.01. The number of aromatic nitrogens is 2. The molecular formula is C16H16FN3O. The quantitative estimate of drug-likeness (QED) is 0.877. The van der Waals surface area contributed by atoms with Crippen LogP contribution in [-0.4, -0.2) is 22.2 Å². The molecule has 0 saturated heterocycles. The van der Waals surface area contributed by atoms with Crippen LogP contribution >= 0.6 is 0 Å². The summed E-state index contributed by atoms with van der Waals surface area (Å²) in [7, 11) is 0. The van der Waals surface area contributed by atoms with E-state index in [1.165, 1.54) is 12.1 Å². The van der Waals surface area contributed by atoms with Crippen LogP contribution < -0.4 is 5.32 Å². The molecule has 1 aliphatic carbocycles. The van der Waals surface area contributed by atoms with E-state index in [0.717, 1.165) is 36.2 Å². The summed E-state index contributed by atoms with van der Waals surface area (Å²) in [6.45, 7) is 4.00. The molecule has 21 heavy (non-hydrogen) atoms. The summed E-state index contributed by atoms with van der Waals surface area (Å²) in [6, 6.07) is 6.14. The number of amides is 1. The van der Waals surface area contributed by atoms with Gasteiger partial charge >= 0.3 is 0 Å². The van der Waals surface area contributed by atoms with Crippen LogP contribution in [0.5, 0.6) is 0 Å². The molecule has 4 nitrogen and oxygen atoms in total. The molecule has 3 rings (SSSR count). The molecule has 108 valence electrons. The molecule has 5 heteroatoms. The van der Waals surface area contributed by atoms with Gasteiger partial charge in [0.15, 0.2) is 5.69 Å². The maximum absolute atomic E-state index is 13.0. The van der Waals surface area contributed by atoms with E-state index in [1.807, 2.05) is 0 Å². The maximum atomic E-state index is 13.0. The average Bonchev–Trinajstić information content (AvgIpc) is 3.08. The van der Waals surface area contributed by atoms with E-state index in [-0.39, 0.29) is 11.7 Å². The van der Waals surface area contributed by atoms with Crippen LogP contribution in [0.3, 0.4) is 0 Å². The molecule has 1 amide bonds. The summed E-state index contributed by atoms with van der Waals surface area (Å²) < 4.78 is 14.8. The van der Waals surface area contributed by atoms with Crippen LogP contribution in [0.15, 0.2) is 36.9 Å². The van der Waals surface area contributed by atoms with E-state index in [2.05, 4.69) is 17.0 Å². The van der Waals surface area contributed by atoms with Gasteiger partial charge in [-0.05, 0) is 43.5 Å². The predicted octanol–water partition coefficient (Wildman–Crippen LogP) is 2.42. The normalized spacial score (nSPS) is 13.0. The second kappa shape index (κ2) is 5.52. The van der Waals surface area contributed by atoms with Crippen LogP contribution in [-0.2, 0) is 12.8 Å². The first-order chi connectivity index (χ1) is 10.2. The number of fused-ring (bicyclic) bond motifs is 1. The van der Waals surface area contributed by atoms with Gasteiger partial charge < -0.3 is 5.32 Å². The number of hydrogen-bond donors (Lipinski definition) is 1. The Bertz CT molecular complexity index is 688. The third kappa shape index (κ3) is 2.46. The van der Waals surface area contributed by atoms with Crippen molar-refractivity contribution in [2.75, 3.05) is 6.54 Å². The lowest BCUT2D eigenvalue weighted by Gasteiger charge is -2.05. The van der Waals surface area contributed by atoms with Crippen molar-refractivity contribution in [1.82, 2.24) is 15.1 Å². The highest BCUT2D eigenvalue weighted by atomic mass is 19.1. The van der Waals surface area contributed by atoms with Gasteiger partial charge in [-0.15, -0.1) is 6.58 Å². The minimum absolute atomic E-state index is 0.186. The molecule has 0 aliphatic heterocycles. The number of halogens is 1. The summed E-state index contributed by atoms with van der Waals surface area (Å²) in [4.78, 5) is 12.2. The SMILES string of the molecule is C=CCNC(=O)c1nn(-c2ccc(F)cc2)c2c1CCC2. The lowest BCUT2D eigenvalue weighted by molar-refractivity contribution is 0.0951. The molecule has 0 saturated carbocycles. The Hall–Kier alpha value is -2.43. The Morgan fingerprint density at radius 1 is 1.38 bits per heavy atom. The fourth-order valence-corrected chi connectivity index (χ4v) is 2.66. The standard InChI is InChI=1S/C16H16FN3O/c1-2-10-18-16(21)15-13-4-3-5-14(13)20(19-15)12-8-6-11(17)7-9-12/h2,6-9H,1,3-5,10H2,(H,18,21). The van der Waals surface area contributed by atoms with Gasteiger partial charge in [0.1, 0.15) is 5.82 Å². The summed E-state index contributed by atoms with van der Waals surface area (Å²) in [5.41, 5.74) is 3.29. The number of benzene rings is 1. The summed E-state index contributed by atoms with van der Waals surface area (Å²) in [6.07, 6.45) is 4.38. The predicted molar refractivity (Wildman–Crippen MR) is 78.1 cm³/mol. The van der Waals surface area contributed by atoms with Gasteiger partial charge in [0, 0.05) is 17.8 Å². The zero-order valence-corrected chi connectivity index (χ0v) is 11.6. The fraction of sp³-hybridized carbons (Fsp3) is 0.250. The summed E-state index contributed by atoms with van der Waals surface area (Å²) >= 11 is 0. The molecule has 1 heterocycles. The third-order valence-electron chi connectivity index (χ3n) is 3.62.